The number of fused-ring (bicyclic) bond motifs is 1. The fourth-order valence-electron chi connectivity index (χ4n) is 4.97. The van der Waals surface area contributed by atoms with Crippen molar-refractivity contribution < 1.29 is 23.1 Å². The number of rotatable bonds is 6. The van der Waals surface area contributed by atoms with E-state index >= 15 is 0 Å². The van der Waals surface area contributed by atoms with E-state index in [1.54, 1.807) is 43.7 Å². The van der Waals surface area contributed by atoms with Crippen LogP contribution in [0.2, 0.25) is 0 Å². The van der Waals surface area contributed by atoms with Crippen LogP contribution in [0.3, 0.4) is 0 Å². The Balaban J connectivity index is 1.66. The lowest BCUT2D eigenvalue weighted by atomic mass is 9.81. The number of carbonyl (C=O) groups excluding carboxylic acids is 2. The molecule has 2 aliphatic rings. The van der Waals surface area contributed by atoms with Gasteiger partial charge in [0.15, 0.2) is 5.65 Å². The molecule has 2 atom stereocenters. The quantitative estimate of drug-likeness (QED) is 0.486. The number of nitriles is 1. The van der Waals surface area contributed by atoms with Gasteiger partial charge in [0, 0.05) is 18.3 Å². The van der Waals surface area contributed by atoms with Crippen LogP contribution < -0.4 is 10.6 Å². The molecule has 2 aromatic rings. The molecule has 39 heavy (non-hydrogen) atoms. The maximum Gasteiger partial charge on any atom is 0.408 e. The first-order chi connectivity index (χ1) is 18.0. The van der Waals surface area contributed by atoms with E-state index in [4.69, 9.17) is 9.72 Å². The maximum absolute atomic E-state index is 13.9. The molecule has 2 N–H and O–H groups in total. The lowest BCUT2D eigenvalue weighted by molar-refractivity contribution is -0.129. The number of carbonyl (C=O) groups is 2. The van der Waals surface area contributed by atoms with Crippen LogP contribution in [0.15, 0.2) is 18.5 Å². The standard InChI is InChI=1S/C28H38F2N6O3/c1-25(2,3)23(37)35-22(27(16-31)11-12-27)18-13-20-33-19(15-36(20)32-14-18)21(34-24(38)39-26(4,5)6)17-7-9-28(29,30)10-8-17/h13-15,17,21-22H,7-12H2,1-6H3,(H,34,38)(H,35,37)/t21-,22-/m0/s1. The third-order valence-electron chi connectivity index (χ3n) is 7.44. The number of nitrogens with one attached hydrogen (secondary N) is 2. The third-order valence-corrected chi connectivity index (χ3v) is 7.44. The first kappa shape index (κ1) is 28.7. The Bertz CT molecular complexity index is 1270. The van der Waals surface area contributed by atoms with Crippen LogP contribution >= 0.6 is 0 Å². The Morgan fingerprint density at radius 1 is 1.13 bits per heavy atom. The van der Waals surface area contributed by atoms with Gasteiger partial charge in [0.25, 0.3) is 0 Å². The summed E-state index contributed by atoms with van der Waals surface area (Å²) in [7, 11) is 0. The second-order valence-electron chi connectivity index (χ2n) is 13.0. The molecule has 9 nitrogen and oxygen atoms in total. The average Bonchev–Trinajstić information content (AvgIpc) is 3.50. The first-order valence-corrected chi connectivity index (χ1v) is 13.5. The molecule has 0 radical (unpaired) electrons. The van der Waals surface area contributed by atoms with Gasteiger partial charge in [-0.3, -0.25) is 4.79 Å². The molecule has 0 spiro atoms. The Labute approximate surface area is 227 Å². The summed E-state index contributed by atoms with van der Waals surface area (Å²) < 4.78 is 34.8. The Kier molecular flexibility index (Phi) is 7.38. The van der Waals surface area contributed by atoms with Gasteiger partial charge in [0.2, 0.25) is 11.8 Å². The number of alkyl halides is 2. The van der Waals surface area contributed by atoms with Gasteiger partial charge >= 0.3 is 6.09 Å². The minimum atomic E-state index is -2.71. The topological polar surface area (TPSA) is 121 Å². The second-order valence-corrected chi connectivity index (χ2v) is 13.0. The Morgan fingerprint density at radius 2 is 1.77 bits per heavy atom. The molecule has 2 amide bonds. The summed E-state index contributed by atoms with van der Waals surface area (Å²) in [6, 6.07) is 2.96. The van der Waals surface area contributed by atoms with Crippen molar-refractivity contribution in [2.75, 3.05) is 0 Å². The highest BCUT2D eigenvalue weighted by Crippen LogP contribution is 2.54. The molecule has 0 aliphatic heterocycles. The summed E-state index contributed by atoms with van der Waals surface area (Å²) in [6.45, 7) is 10.7. The molecule has 2 fully saturated rings. The number of imidazole rings is 1. The van der Waals surface area contributed by atoms with Crippen LogP contribution in [-0.4, -0.2) is 38.1 Å². The molecule has 2 heterocycles. The van der Waals surface area contributed by atoms with Gasteiger partial charge in [-0.15, -0.1) is 0 Å². The highest BCUT2D eigenvalue weighted by molar-refractivity contribution is 5.82. The maximum atomic E-state index is 13.9. The fraction of sp³-hybridized carbons (Fsp3) is 0.679. The molecule has 2 aromatic heterocycles. The van der Waals surface area contributed by atoms with Gasteiger partial charge in [-0.2, -0.15) is 10.4 Å². The minimum absolute atomic E-state index is 0.173. The summed E-state index contributed by atoms with van der Waals surface area (Å²) in [5.74, 6) is -3.14. The first-order valence-electron chi connectivity index (χ1n) is 13.5. The second kappa shape index (κ2) is 10.0. The molecule has 2 saturated carbocycles. The van der Waals surface area contributed by atoms with Crippen molar-refractivity contribution in [3.8, 4) is 6.07 Å². The highest BCUT2D eigenvalue weighted by atomic mass is 19.3. The van der Waals surface area contributed by atoms with Crippen molar-refractivity contribution in [1.29, 1.82) is 5.26 Å². The number of aromatic nitrogens is 3. The smallest absolute Gasteiger partial charge is 0.408 e. The van der Waals surface area contributed by atoms with E-state index in [9.17, 15) is 23.6 Å². The molecule has 0 saturated heterocycles. The molecular formula is C28H38F2N6O3. The average molecular weight is 545 g/mol. The van der Waals surface area contributed by atoms with Crippen LogP contribution in [0, 0.1) is 28.1 Å². The third kappa shape index (κ3) is 6.65. The Morgan fingerprint density at radius 3 is 2.31 bits per heavy atom. The van der Waals surface area contributed by atoms with E-state index in [0.29, 0.717) is 29.7 Å². The van der Waals surface area contributed by atoms with E-state index in [1.165, 1.54) is 0 Å². The van der Waals surface area contributed by atoms with Gasteiger partial charge in [-0.25, -0.2) is 23.1 Å². The van der Waals surface area contributed by atoms with Gasteiger partial charge < -0.3 is 15.4 Å². The number of alkyl carbamates (subject to hydrolysis) is 1. The molecule has 4 rings (SSSR count). The molecule has 2 aliphatic carbocycles. The Hall–Kier alpha value is -3.29. The summed E-state index contributed by atoms with van der Waals surface area (Å²) in [5, 5.41) is 20.3. The summed E-state index contributed by atoms with van der Waals surface area (Å²) >= 11 is 0. The number of halogens is 2. The van der Waals surface area contributed by atoms with E-state index in [-0.39, 0.29) is 37.5 Å². The van der Waals surface area contributed by atoms with Crippen LogP contribution in [-0.2, 0) is 9.53 Å². The largest absolute Gasteiger partial charge is 0.444 e. The van der Waals surface area contributed by atoms with Crippen LogP contribution in [0.4, 0.5) is 13.6 Å². The predicted octanol–water partition coefficient (Wildman–Crippen LogP) is 5.63. The highest BCUT2D eigenvalue weighted by Gasteiger charge is 2.52. The molecule has 212 valence electrons. The molecule has 0 aromatic carbocycles. The summed E-state index contributed by atoms with van der Waals surface area (Å²) in [5.41, 5.74) is -0.467. The van der Waals surface area contributed by atoms with E-state index in [2.05, 4.69) is 21.8 Å². The zero-order chi connectivity index (χ0) is 28.8. The lowest BCUT2D eigenvalue weighted by Crippen LogP contribution is -2.40. The van der Waals surface area contributed by atoms with Gasteiger partial charge in [0.1, 0.15) is 5.60 Å². The number of hydrogen-bond donors (Lipinski definition) is 2. The van der Waals surface area contributed by atoms with Crippen LogP contribution in [0.25, 0.3) is 5.65 Å². The van der Waals surface area contributed by atoms with Crippen molar-refractivity contribution in [3.63, 3.8) is 0 Å². The molecule has 0 bridgehead atoms. The van der Waals surface area contributed by atoms with Crippen LogP contribution in [0.1, 0.15) is 103 Å². The number of hydrogen-bond acceptors (Lipinski definition) is 6. The van der Waals surface area contributed by atoms with Crippen LogP contribution in [0.5, 0.6) is 0 Å². The number of ether oxygens (including phenoxy) is 1. The van der Waals surface area contributed by atoms with Crippen molar-refractivity contribution in [2.24, 2.45) is 16.7 Å². The van der Waals surface area contributed by atoms with Crippen molar-refractivity contribution in [2.45, 2.75) is 104 Å². The van der Waals surface area contributed by atoms with Gasteiger partial charge in [-0.1, -0.05) is 20.8 Å². The zero-order valence-electron chi connectivity index (χ0n) is 23.5. The molecular weight excluding hydrogens is 506 g/mol. The number of nitrogens with zero attached hydrogens (tertiary/aromatic N) is 4. The van der Waals surface area contributed by atoms with E-state index < -0.39 is 40.5 Å². The predicted molar refractivity (Wildman–Crippen MR) is 140 cm³/mol. The minimum Gasteiger partial charge on any atom is -0.444 e. The van der Waals surface area contributed by atoms with E-state index in [1.807, 2.05) is 20.8 Å². The monoisotopic (exact) mass is 544 g/mol. The lowest BCUT2D eigenvalue weighted by Gasteiger charge is -2.33. The van der Waals surface area contributed by atoms with E-state index in [0.717, 1.165) is 0 Å². The SMILES string of the molecule is CC(C)(C)OC(=O)N[C@H](c1cn2ncc([C@H](NC(=O)C(C)(C)C)C3(C#N)CC3)cc2n1)C1CCC(F)(F)CC1. The summed E-state index contributed by atoms with van der Waals surface area (Å²) in [4.78, 5) is 30.3. The molecule has 0 unspecified atom stereocenters. The normalized spacial score (nSPS) is 20.5. The zero-order valence-corrected chi connectivity index (χ0v) is 23.5. The van der Waals surface area contributed by atoms with Gasteiger partial charge in [0.05, 0.1) is 41.7 Å². The van der Waals surface area contributed by atoms with Gasteiger partial charge in [-0.05, 0) is 64.0 Å². The van der Waals surface area contributed by atoms with Crippen molar-refractivity contribution >= 4 is 17.6 Å². The fourth-order valence-corrected chi connectivity index (χ4v) is 4.97. The number of amides is 2. The van der Waals surface area contributed by atoms with Crippen molar-refractivity contribution in [3.05, 3.63) is 29.7 Å². The molecule has 11 heteroatoms. The van der Waals surface area contributed by atoms with Crippen molar-refractivity contribution in [1.82, 2.24) is 25.2 Å². The summed E-state index contributed by atoms with van der Waals surface area (Å²) in [6.07, 6.45) is 3.91.